The molecule has 0 aliphatic carbocycles. The molecule has 1 amide bonds. The maximum Gasteiger partial charge on any atom is 0.232 e. The van der Waals surface area contributed by atoms with Crippen LogP contribution in [0.1, 0.15) is 22.7 Å². The lowest BCUT2D eigenvalue weighted by molar-refractivity contribution is -0.118. The van der Waals surface area contributed by atoms with Crippen LogP contribution in [0.15, 0.2) is 78.9 Å². The number of fused-ring (bicyclic) bond motifs is 1. The van der Waals surface area contributed by atoms with E-state index >= 15 is 0 Å². The fraction of sp³-hybridized carbons (Fsp3) is 0.0952. The second-order valence-electron chi connectivity index (χ2n) is 5.90. The number of anilines is 1. The van der Waals surface area contributed by atoms with Crippen molar-refractivity contribution in [2.24, 2.45) is 0 Å². The van der Waals surface area contributed by atoms with Gasteiger partial charge >= 0.3 is 0 Å². The van der Waals surface area contributed by atoms with Gasteiger partial charge in [0.05, 0.1) is 12.5 Å². The summed E-state index contributed by atoms with van der Waals surface area (Å²) in [6.07, 6.45) is 0.327. The predicted molar refractivity (Wildman–Crippen MR) is 97.4 cm³/mol. The Kier molecular flexibility index (Phi) is 3.83. The fourth-order valence-corrected chi connectivity index (χ4v) is 3.63. The van der Waals surface area contributed by atoms with Crippen LogP contribution in [0.25, 0.3) is 0 Å². The SMILES string of the molecule is O=C1Cc2c(Cl)cccc2C(c2ccccc2)N1c1ccccc1. The van der Waals surface area contributed by atoms with Gasteiger partial charge in [-0.15, -0.1) is 0 Å². The van der Waals surface area contributed by atoms with E-state index in [2.05, 4.69) is 18.2 Å². The largest absolute Gasteiger partial charge is 0.300 e. The van der Waals surface area contributed by atoms with Crippen molar-refractivity contribution in [1.29, 1.82) is 0 Å². The number of rotatable bonds is 2. The molecule has 4 rings (SSSR count). The van der Waals surface area contributed by atoms with E-state index in [1.54, 1.807) is 0 Å². The maximum atomic E-state index is 13.0. The van der Waals surface area contributed by atoms with Crippen LogP contribution in [0.2, 0.25) is 5.02 Å². The molecule has 1 aliphatic heterocycles. The summed E-state index contributed by atoms with van der Waals surface area (Å²) in [7, 11) is 0. The van der Waals surface area contributed by atoms with Gasteiger partial charge in [0, 0.05) is 10.7 Å². The Morgan fingerprint density at radius 2 is 1.50 bits per heavy atom. The van der Waals surface area contributed by atoms with Crippen molar-refractivity contribution in [2.45, 2.75) is 12.5 Å². The van der Waals surface area contributed by atoms with E-state index in [9.17, 15) is 4.79 Å². The molecule has 3 heteroatoms. The lowest BCUT2D eigenvalue weighted by Gasteiger charge is -2.38. The molecule has 0 spiro atoms. The van der Waals surface area contributed by atoms with E-state index in [4.69, 9.17) is 11.6 Å². The Balaban J connectivity index is 1.95. The van der Waals surface area contributed by atoms with E-state index in [1.165, 1.54) is 0 Å². The van der Waals surface area contributed by atoms with Crippen LogP contribution in [0.5, 0.6) is 0 Å². The summed E-state index contributed by atoms with van der Waals surface area (Å²) in [4.78, 5) is 14.8. The molecule has 24 heavy (non-hydrogen) atoms. The monoisotopic (exact) mass is 333 g/mol. The van der Waals surface area contributed by atoms with E-state index in [1.807, 2.05) is 65.6 Å². The number of amides is 1. The van der Waals surface area contributed by atoms with Crippen LogP contribution in [-0.2, 0) is 11.2 Å². The van der Waals surface area contributed by atoms with E-state index < -0.39 is 0 Å². The van der Waals surface area contributed by atoms with Crippen molar-refractivity contribution in [1.82, 2.24) is 0 Å². The summed E-state index contributed by atoms with van der Waals surface area (Å²) in [6.45, 7) is 0. The number of hydrogen-bond acceptors (Lipinski definition) is 1. The molecular formula is C21H16ClNO. The molecule has 3 aromatic carbocycles. The second kappa shape index (κ2) is 6.14. The maximum absolute atomic E-state index is 13.0. The van der Waals surface area contributed by atoms with Gasteiger partial charge in [-0.1, -0.05) is 72.3 Å². The first-order valence-electron chi connectivity index (χ1n) is 7.95. The number of hydrogen-bond donors (Lipinski definition) is 0. The van der Waals surface area contributed by atoms with E-state index in [0.717, 1.165) is 22.4 Å². The van der Waals surface area contributed by atoms with Gasteiger partial charge in [0.15, 0.2) is 0 Å². The van der Waals surface area contributed by atoms with E-state index in [-0.39, 0.29) is 11.9 Å². The highest BCUT2D eigenvalue weighted by Crippen LogP contribution is 2.40. The van der Waals surface area contributed by atoms with Gasteiger partial charge in [0.2, 0.25) is 5.91 Å². The van der Waals surface area contributed by atoms with Crippen LogP contribution in [-0.4, -0.2) is 5.91 Å². The highest BCUT2D eigenvalue weighted by atomic mass is 35.5. The first-order valence-corrected chi connectivity index (χ1v) is 8.33. The van der Waals surface area contributed by atoms with E-state index in [0.29, 0.717) is 11.4 Å². The summed E-state index contributed by atoms with van der Waals surface area (Å²) >= 11 is 6.38. The summed E-state index contributed by atoms with van der Waals surface area (Å²) in [5.41, 5.74) is 4.02. The minimum atomic E-state index is -0.163. The van der Waals surface area contributed by atoms with Gasteiger partial charge in [-0.2, -0.15) is 0 Å². The fourth-order valence-electron chi connectivity index (χ4n) is 3.38. The van der Waals surface area contributed by atoms with Gasteiger partial charge in [0.25, 0.3) is 0 Å². The van der Waals surface area contributed by atoms with Crippen molar-refractivity contribution in [2.75, 3.05) is 4.90 Å². The quantitative estimate of drug-likeness (QED) is 0.645. The van der Waals surface area contributed by atoms with Gasteiger partial charge in [0.1, 0.15) is 0 Å². The van der Waals surface area contributed by atoms with Crippen LogP contribution >= 0.6 is 11.6 Å². The molecule has 0 bridgehead atoms. The van der Waals surface area contributed by atoms with Gasteiger partial charge in [-0.05, 0) is 34.9 Å². The zero-order valence-corrected chi connectivity index (χ0v) is 13.8. The second-order valence-corrected chi connectivity index (χ2v) is 6.30. The number of carbonyl (C=O) groups is 1. The number of halogens is 1. The topological polar surface area (TPSA) is 20.3 Å². The zero-order chi connectivity index (χ0) is 16.5. The predicted octanol–water partition coefficient (Wildman–Crippen LogP) is 5.02. The van der Waals surface area contributed by atoms with Crippen molar-refractivity contribution in [3.63, 3.8) is 0 Å². The Morgan fingerprint density at radius 3 is 2.21 bits per heavy atom. The minimum Gasteiger partial charge on any atom is -0.300 e. The molecule has 1 atom stereocenters. The van der Waals surface area contributed by atoms with Crippen molar-refractivity contribution in [3.8, 4) is 0 Å². The highest BCUT2D eigenvalue weighted by molar-refractivity contribution is 6.31. The van der Waals surface area contributed by atoms with Crippen LogP contribution in [0.3, 0.4) is 0 Å². The van der Waals surface area contributed by atoms with Crippen LogP contribution in [0.4, 0.5) is 5.69 Å². The molecule has 1 heterocycles. The lowest BCUT2D eigenvalue weighted by Crippen LogP contribution is -2.41. The van der Waals surface area contributed by atoms with Gasteiger partial charge in [-0.3, -0.25) is 4.79 Å². The van der Waals surface area contributed by atoms with Crippen molar-refractivity contribution >= 4 is 23.2 Å². The van der Waals surface area contributed by atoms with Gasteiger partial charge < -0.3 is 4.90 Å². The Morgan fingerprint density at radius 1 is 0.833 bits per heavy atom. The molecule has 1 unspecified atom stereocenters. The van der Waals surface area contributed by atoms with Gasteiger partial charge in [-0.25, -0.2) is 0 Å². The van der Waals surface area contributed by atoms with Crippen molar-refractivity contribution in [3.05, 3.63) is 101 Å². The Labute approximate surface area is 146 Å². The average Bonchev–Trinajstić information content (AvgIpc) is 2.63. The minimum absolute atomic E-state index is 0.0654. The summed E-state index contributed by atoms with van der Waals surface area (Å²) in [5.74, 6) is 0.0654. The number of nitrogens with zero attached hydrogens (tertiary/aromatic N) is 1. The molecule has 3 aromatic rings. The molecule has 0 aromatic heterocycles. The first-order chi connectivity index (χ1) is 11.8. The molecule has 2 nitrogen and oxygen atoms in total. The zero-order valence-electron chi connectivity index (χ0n) is 13.0. The summed E-state index contributed by atoms with van der Waals surface area (Å²) in [6, 6.07) is 25.6. The highest BCUT2D eigenvalue weighted by Gasteiger charge is 2.35. The molecule has 0 saturated carbocycles. The number of carbonyl (C=O) groups excluding carboxylic acids is 1. The standard InChI is InChI=1S/C21H16ClNO/c22-19-13-7-12-17-18(19)14-20(24)23(16-10-5-2-6-11-16)21(17)15-8-3-1-4-9-15/h1-13,21H,14H2. The summed E-state index contributed by atoms with van der Waals surface area (Å²) < 4.78 is 0. The average molecular weight is 334 g/mol. The number of benzene rings is 3. The van der Waals surface area contributed by atoms with Crippen LogP contribution in [0, 0.1) is 0 Å². The third-order valence-electron chi connectivity index (χ3n) is 4.45. The number of para-hydroxylation sites is 1. The third-order valence-corrected chi connectivity index (χ3v) is 4.81. The Bertz CT molecular complexity index is 877. The first kappa shape index (κ1) is 15.0. The third kappa shape index (κ3) is 2.49. The molecule has 1 aliphatic rings. The summed E-state index contributed by atoms with van der Waals surface area (Å²) in [5, 5.41) is 0.662. The molecule has 0 fully saturated rings. The molecule has 0 saturated heterocycles. The molecular weight excluding hydrogens is 318 g/mol. The molecule has 118 valence electrons. The normalized spacial score (nSPS) is 16.8. The molecule has 0 N–H and O–H groups in total. The molecule has 0 radical (unpaired) electrons. The Hall–Kier alpha value is -2.58. The van der Waals surface area contributed by atoms with Crippen molar-refractivity contribution < 1.29 is 4.79 Å². The smallest absolute Gasteiger partial charge is 0.232 e. The van der Waals surface area contributed by atoms with Crippen LogP contribution < -0.4 is 4.90 Å². The lowest BCUT2D eigenvalue weighted by atomic mass is 9.87.